The maximum absolute atomic E-state index is 12.2. The molecule has 0 saturated carbocycles. The molecule has 0 aliphatic carbocycles. The molecule has 0 aliphatic rings. The molecule has 4 N–H and O–H groups in total. The molecule has 1 heterocycles. The fourth-order valence-corrected chi connectivity index (χ4v) is 1.81. The quantitative estimate of drug-likeness (QED) is 0.727. The van der Waals surface area contributed by atoms with Crippen LogP contribution in [0.25, 0.3) is 0 Å². The molecule has 112 valence electrons. The predicted octanol–water partition coefficient (Wildman–Crippen LogP) is 2.52. The minimum atomic E-state index is -0.497. The SMILES string of the molecule is C=C/C(NC(=O)c1nc(Cl)c(NC)nc1N)=C(C)\C=C/C. The summed E-state index contributed by atoms with van der Waals surface area (Å²) in [7, 11) is 1.63. The van der Waals surface area contributed by atoms with Crippen LogP contribution in [0.15, 0.2) is 36.1 Å². The number of amides is 1. The largest absolute Gasteiger partial charge is 0.382 e. The molecule has 0 aromatic carbocycles. The number of aromatic nitrogens is 2. The third-order valence-corrected chi connectivity index (χ3v) is 2.89. The van der Waals surface area contributed by atoms with Gasteiger partial charge in [0.2, 0.25) is 0 Å². The highest BCUT2D eigenvalue weighted by Gasteiger charge is 2.17. The lowest BCUT2D eigenvalue weighted by molar-refractivity contribution is 0.0962. The zero-order chi connectivity index (χ0) is 16.0. The zero-order valence-electron chi connectivity index (χ0n) is 12.2. The number of carbonyl (C=O) groups excluding carboxylic acids is 1. The van der Waals surface area contributed by atoms with Crippen molar-refractivity contribution in [3.8, 4) is 0 Å². The summed E-state index contributed by atoms with van der Waals surface area (Å²) in [5.74, 6) is -0.188. The molecular formula is C14H18ClN5O. The molecule has 1 aromatic heterocycles. The molecule has 0 aliphatic heterocycles. The van der Waals surface area contributed by atoms with Crippen LogP contribution in [0.5, 0.6) is 0 Å². The van der Waals surface area contributed by atoms with Crippen LogP contribution < -0.4 is 16.4 Å². The Morgan fingerprint density at radius 3 is 2.62 bits per heavy atom. The van der Waals surface area contributed by atoms with Crippen LogP contribution in [0, 0.1) is 0 Å². The van der Waals surface area contributed by atoms with Gasteiger partial charge >= 0.3 is 0 Å². The fraction of sp³-hybridized carbons (Fsp3) is 0.214. The van der Waals surface area contributed by atoms with E-state index in [1.807, 2.05) is 26.0 Å². The van der Waals surface area contributed by atoms with E-state index in [2.05, 4.69) is 27.2 Å². The lowest BCUT2D eigenvalue weighted by Gasteiger charge is -2.10. The van der Waals surface area contributed by atoms with Crippen LogP contribution in [-0.4, -0.2) is 22.9 Å². The second-order valence-corrected chi connectivity index (χ2v) is 4.46. The summed E-state index contributed by atoms with van der Waals surface area (Å²) in [6.45, 7) is 7.40. The maximum Gasteiger partial charge on any atom is 0.278 e. The number of nitrogens with one attached hydrogen (secondary N) is 2. The van der Waals surface area contributed by atoms with Crippen molar-refractivity contribution in [2.45, 2.75) is 13.8 Å². The van der Waals surface area contributed by atoms with Crippen molar-refractivity contribution in [1.29, 1.82) is 0 Å². The summed E-state index contributed by atoms with van der Waals surface area (Å²) < 4.78 is 0. The first-order chi connectivity index (χ1) is 9.94. The zero-order valence-corrected chi connectivity index (χ0v) is 13.0. The number of nitrogens with zero attached hydrogens (tertiary/aromatic N) is 2. The number of rotatable bonds is 5. The number of halogens is 1. The molecule has 0 atom stereocenters. The number of anilines is 2. The normalized spacial score (nSPS) is 12.0. The highest BCUT2D eigenvalue weighted by atomic mass is 35.5. The summed E-state index contributed by atoms with van der Waals surface area (Å²) >= 11 is 5.91. The van der Waals surface area contributed by atoms with E-state index in [0.717, 1.165) is 5.57 Å². The number of allylic oxidation sites excluding steroid dienone is 4. The Morgan fingerprint density at radius 2 is 2.10 bits per heavy atom. The molecular weight excluding hydrogens is 290 g/mol. The molecule has 6 nitrogen and oxygen atoms in total. The average Bonchev–Trinajstić information content (AvgIpc) is 2.46. The number of carbonyl (C=O) groups is 1. The van der Waals surface area contributed by atoms with Gasteiger partial charge in [-0.1, -0.05) is 30.3 Å². The van der Waals surface area contributed by atoms with Crippen molar-refractivity contribution in [3.05, 3.63) is 46.9 Å². The van der Waals surface area contributed by atoms with Crippen LogP contribution >= 0.6 is 11.6 Å². The van der Waals surface area contributed by atoms with Crippen molar-refractivity contribution in [3.63, 3.8) is 0 Å². The smallest absolute Gasteiger partial charge is 0.278 e. The van der Waals surface area contributed by atoms with E-state index in [9.17, 15) is 4.79 Å². The minimum absolute atomic E-state index is 0.00616. The third kappa shape index (κ3) is 4.06. The van der Waals surface area contributed by atoms with Crippen molar-refractivity contribution in [1.82, 2.24) is 15.3 Å². The van der Waals surface area contributed by atoms with Gasteiger partial charge < -0.3 is 16.4 Å². The molecule has 0 bridgehead atoms. The Bertz CT molecular complexity index is 622. The molecule has 0 fully saturated rings. The van der Waals surface area contributed by atoms with Gasteiger partial charge in [0.1, 0.15) is 0 Å². The van der Waals surface area contributed by atoms with Gasteiger partial charge in [-0.05, 0) is 25.5 Å². The molecule has 1 aromatic rings. The predicted molar refractivity (Wildman–Crippen MR) is 86.2 cm³/mol. The molecule has 21 heavy (non-hydrogen) atoms. The molecule has 1 rings (SSSR count). The van der Waals surface area contributed by atoms with Crippen molar-refractivity contribution in [2.75, 3.05) is 18.1 Å². The van der Waals surface area contributed by atoms with Crippen LogP contribution in [0.2, 0.25) is 5.15 Å². The summed E-state index contributed by atoms with van der Waals surface area (Å²) in [6.07, 6.45) is 5.25. The first kappa shape index (κ1) is 16.7. The summed E-state index contributed by atoms with van der Waals surface area (Å²) in [6, 6.07) is 0. The summed E-state index contributed by atoms with van der Waals surface area (Å²) in [4.78, 5) is 20.2. The second-order valence-electron chi connectivity index (χ2n) is 4.10. The number of hydrogen-bond donors (Lipinski definition) is 3. The van der Waals surface area contributed by atoms with E-state index in [0.29, 0.717) is 11.5 Å². The van der Waals surface area contributed by atoms with E-state index >= 15 is 0 Å². The molecule has 0 saturated heterocycles. The monoisotopic (exact) mass is 307 g/mol. The Kier molecular flexibility index (Phi) is 5.92. The number of nitrogens with two attached hydrogens (primary N) is 1. The maximum atomic E-state index is 12.2. The molecule has 0 radical (unpaired) electrons. The Hall–Kier alpha value is -2.34. The Balaban J connectivity index is 3.13. The third-order valence-electron chi connectivity index (χ3n) is 2.63. The topological polar surface area (TPSA) is 92.9 Å². The van der Waals surface area contributed by atoms with E-state index in [-0.39, 0.29) is 16.7 Å². The molecule has 1 amide bonds. The Labute approximate surface area is 128 Å². The van der Waals surface area contributed by atoms with Gasteiger partial charge in [-0.15, -0.1) is 0 Å². The summed E-state index contributed by atoms with van der Waals surface area (Å²) in [5, 5.41) is 5.50. The average molecular weight is 308 g/mol. The minimum Gasteiger partial charge on any atom is -0.382 e. The van der Waals surface area contributed by atoms with Crippen molar-refractivity contribution >= 4 is 29.1 Å². The van der Waals surface area contributed by atoms with Crippen LogP contribution in [0.1, 0.15) is 24.3 Å². The van der Waals surface area contributed by atoms with Gasteiger partial charge in [-0.3, -0.25) is 4.79 Å². The van der Waals surface area contributed by atoms with Crippen LogP contribution in [0.3, 0.4) is 0 Å². The van der Waals surface area contributed by atoms with Crippen molar-refractivity contribution in [2.24, 2.45) is 0 Å². The number of hydrogen-bond acceptors (Lipinski definition) is 5. The van der Waals surface area contributed by atoms with Gasteiger partial charge in [0.05, 0.1) is 0 Å². The first-order valence-electron chi connectivity index (χ1n) is 6.22. The lowest BCUT2D eigenvalue weighted by atomic mass is 10.2. The second kappa shape index (κ2) is 7.44. The van der Waals surface area contributed by atoms with Gasteiger partial charge in [0.25, 0.3) is 5.91 Å². The van der Waals surface area contributed by atoms with E-state index in [4.69, 9.17) is 17.3 Å². The first-order valence-corrected chi connectivity index (χ1v) is 6.60. The van der Waals surface area contributed by atoms with Gasteiger partial charge in [-0.25, -0.2) is 9.97 Å². The highest BCUT2D eigenvalue weighted by molar-refractivity contribution is 6.32. The van der Waals surface area contributed by atoms with Gasteiger partial charge in [-0.2, -0.15) is 0 Å². The van der Waals surface area contributed by atoms with Crippen molar-refractivity contribution < 1.29 is 4.79 Å². The van der Waals surface area contributed by atoms with Crippen LogP contribution in [0.4, 0.5) is 11.6 Å². The fourth-order valence-electron chi connectivity index (χ4n) is 1.59. The van der Waals surface area contributed by atoms with E-state index in [1.165, 1.54) is 0 Å². The molecule has 0 unspecified atom stereocenters. The lowest BCUT2D eigenvalue weighted by Crippen LogP contribution is -2.25. The van der Waals surface area contributed by atoms with Crippen LogP contribution in [-0.2, 0) is 0 Å². The molecule has 7 heteroatoms. The van der Waals surface area contributed by atoms with E-state index < -0.39 is 5.91 Å². The van der Waals surface area contributed by atoms with Gasteiger partial charge in [0.15, 0.2) is 22.5 Å². The standard InChI is InChI=1S/C14H18ClN5O/c1-5-7-8(3)9(6-2)18-14(21)10-12(16)20-13(17-4)11(15)19-10/h5-7H,2H2,1,3-4H3,(H,18,21)(H3,16,17,20)/b7-5-,9-8+. The summed E-state index contributed by atoms with van der Waals surface area (Å²) in [5.41, 5.74) is 7.11. The highest BCUT2D eigenvalue weighted by Crippen LogP contribution is 2.20. The Morgan fingerprint density at radius 1 is 1.43 bits per heavy atom. The van der Waals surface area contributed by atoms with Gasteiger partial charge in [0, 0.05) is 12.7 Å². The molecule has 0 spiro atoms. The number of nitrogen functional groups attached to an aromatic ring is 1. The van der Waals surface area contributed by atoms with E-state index in [1.54, 1.807) is 13.1 Å².